The van der Waals surface area contributed by atoms with Crippen molar-refractivity contribution in [1.82, 2.24) is 4.98 Å². The molecule has 0 bridgehead atoms. The van der Waals surface area contributed by atoms with Gasteiger partial charge in [0, 0.05) is 5.56 Å². The molecule has 2 rings (SSSR count). The van der Waals surface area contributed by atoms with E-state index in [1.165, 1.54) is 6.07 Å². The number of hydrogen-bond donors (Lipinski definition) is 1. The van der Waals surface area contributed by atoms with Gasteiger partial charge in [-0.1, -0.05) is 30.3 Å². The molecule has 0 aliphatic carbocycles. The number of aromatic amines is 1. The van der Waals surface area contributed by atoms with Gasteiger partial charge in [-0.25, -0.2) is 4.98 Å². The van der Waals surface area contributed by atoms with Gasteiger partial charge in [0.1, 0.15) is 5.69 Å². The summed E-state index contributed by atoms with van der Waals surface area (Å²) < 4.78 is 0.695. The smallest absolute Gasteiger partial charge is 0.322 e. The van der Waals surface area contributed by atoms with Gasteiger partial charge in [0.15, 0.2) is 0 Å². The second-order valence-electron chi connectivity index (χ2n) is 3.00. The Balaban J connectivity index is 2.50. The minimum absolute atomic E-state index is 0.0132. The monoisotopic (exact) mass is 266 g/mol. The summed E-state index contributed by atoms with van der Waals surface area (Å²) in [5.74, 6) is -0.0132. The van der Waals surface area contributed by atoms with Crippen LogP contribution >= 0.6 is 15.9 Å². The number of nitrogens with one attached hydrogen (secondary N) is 1. The van der Waals surface area contributed by atoms with Crippen molar-refractivity contribution >= 4 is 21.7 Å². The Labute approximate surface area is 94.2 Å². The van der Waals surface area contributed by atoms with Crippen molar-refractivity contribution in [2.45, 2.75) is 0 Å². The first-order valence-electron chi connectivity index (χ1n) is 4.27. The molecule has 1 aromatic heterocycles. The molecule has 15 heavy (non-hydrogen) atoms. The third kappa shape index (κ3) is 1.92. The molecule has 0 saturated carbocycles. The fourth-order valence-electron chi connectivity index (χ4n) is 1.33. The van der Waals surface area contributed by atoms with E-state index in [2.05, 4.69) is 20.9 Å². The maximum atomic E-state index is 10.6. The zero-order valence-electron chi connectivity index (χ0n) is 7.61. The average molecular weight is 267 g/mol. The van der Waals surface area contributed by atoms with Crippen LogP contribution in [0.4, 0.5) is 5.82 Å². The lowest BCUT2D eigenvalue weighted by molar-refractivity contribution is -0.389. The Hall–Kier alpha value is -1.62. The minimum atomic E-state index is -0.447. The van der Waals surface area contributed by atoms with Crippen LogP contribution in [0, 0.1) is 10.1 Å². The Morgan fingerprint density at radius 3 is 2.47 bits per heavy atom. The van der Waals surface area contributed by atoms with Crippen LogP contribution < -0.4 is 0 Å². The molecule has 1 aromatic carbocycles. The molecular weight excluding hydrogens is 260 g/mol. The van der Waals surface area contributed by atoms with Gasteiger partial charge in [0.25, 0.3) is 0 Å². The summed E-state index contributed by atoms with van der Waals surface area (Å²) in [4.78, 5) is 12.9. The molecule has 1 heterocycles. The molecule has 0 aliphatic heterocycles. The zero-order valence-corrected chi connectivity index (χ0v) is 9.19. The molecule has 0 atom stereocenters. The van der Waals surface area contributed by atoms with E-state index in [-0.39, 0.29) is 5.82 Å². The van der Waals surface area contributed by atoms with Gasteiger partial charge < -0.3 is 10.1 Å². The summed E-state index contributed by atoms with van der Waals surface area (Å²) in [5, 5.41) is 10.6. The second kappa shape index (κ2) is 3.86. The number of H-pyrrole nitrogens is 1. The highest BCUT2D eigenvalue weighted by atomic mass is 79.9. The van der Waals surface area contributed by atoms with E-state index in [1.807, 2.05) is 30.3 Å². The zero-order chi connectivity index (χ0) is 10.8. The fourth-order valence-corrected chi connectivity index (χ4v) is 1.87. The lowest BCUT2D eigenvalue weighted by Crippen LogP contribution is -1.86. The number of nitro groups is 1. The predicted octanol–water partition coefficient (Wildman–Crippen LogP) is 3.35. The average Bonchev–Trinajstić information content (AvgIpc) is 2.62. The van der Waals surface area contributed by atoms with Gasteiger partial charge in [-0.3, -0.25) is 0 Å². The molecule has 0 spiro atoms. The van der Waals surface area contributed by atoms with Crippen molar-refractivity contribution in [3.63, 3.8) is 0 Å². The highest BCUT2D eigenvalue weighted by molar-refractivity contribution is 9.10. The van der Waals surface area contributed by atoms with Crippen LogP contribution in [-0.4, -0.2) is 9.91 Å². The summed E-state index contributed by atoms with van der Waals surface area (Å²) in [6.45, 7) is 0. The van der Waals surface area contributed by atoms with E-state index < -0.39 is 4.92 Å². The molecule has 0 saturated heterocycles. The number of nitrogens with zero attached hydrogens (tertiary/aromatic N) is 1. The molecule has 0 fully saturated rings. The lowest BCUT2D eigenvalue weighted by atomic mass is 10.2. The van der Waals surface area contributed by atoms with Crippen molar-refractivity contribution < 1.29 is 4.92 Å². The van der Waals surface area contributed by atoms with E-state index in [9.17, 15) is 10.1 Å². The summed E-state index contributed by atoms with van der Waals surface area (Å²) in [6.07, 6.45) is 0. The maximum absolute atomic E-state index is 10.6. The first-order valence-corrected chi connectivity index (χ1v) is 5.06. The molecule has 76 valence electrons. The Morgan fingerprint density at radius 2 is 1.93 bits per heavy atom. The molecule has 4 nitrogen and oxygen atoms in total. The number of benzene rings is 1. The van der Waals surface area contributed by atoms with Crippen molar-refractivity contribution in [2.24, 2.45) is 0 Å². The van der Waals surface area contributed by atoms with Crippen LogP contribution in [0.15, 0.2) is 40.9 Å². The summed E-state index contributed by atoms with van der Waals surface area (Å²) in [6, 6.07) is 10.9. The van der Waals surface area contributed by atoms with E-state index >= 15 is 0 Å². The van der Waals surface area contributed by atoms with Gasteiger partial charge in [-0.2, -0.15) is 0 Å². The lowest BCUT2D eigenvalue weighted by Gasteiger charge is -1.94. The SMILES string of the molecule is O=[N+]([O-])c1cc(Br)c(-c2ccccc2)[nH]1. The number of hydrogen-bond acceptors (Lipinski definition) is 2. The normalized spacial score (nSPS) is 10.2. The highest BCUT2D eigenvalue weighted by Crippen LogP contribution is 2.30. The Morgan fingerprint density at radius 1 is 1.27 bits per heavy atom. The number of rotatable bonds is 2. The topological polar surface area (TPSA) is 58.9 Å². The molecule has 0 radical (unpaired) electrons. The second-order valence-corrected chi connectivity index (χ2v) is 3.85. The van der Waals surface area contributed by atoms with Crippen LogP contribution in [0.5, 0.6) is 0 Å². The molecule has 2 aromatic rings. The fraction of sp³-hybridized carbons (Fsp3) is 0. The van der Waals surface area contributed by atoms with Crippen LogP contribution in [0.25, 0.3) is 11.3 Å². The van der Waals surface area contributed by atoms with Crippen LogP contribution in [0.3, 0.4) is 0 Å². The third-order valence-corrected chi connectivity index (χ3v) is 2.64. The van der Waals surface area contributed by atoms with Crippen LogP contribution in [0.2, 0.25) is 0 Å². The molecular formula is C10H7BrN2O2. The van der Waals surface area contributed by atoms with Gasteiger partial charge in [-0.15, -0.1) is 0 Å². The minimum Gasteiger partial charge on any atom is -0.358 e. The quantitative estimate of drug-likeness (QED) is 0.670. The van der Waals surface area contributed by atoms with Crippen molar-refractivity contribution in [1.29, 1.82) is 0 Å². The van der Waals surface area contributed by atoms with E-state index in [1.54, 1.807) is 0 Å². The molecule has 1 N–H and O–H groups in total. The van der Waals surface area contributed by atoms with Crippen molar-refractivity contribution in [3.05, 3.63) is 51.0 Å². The maximum Gasteiger partial charge on any atom is 0.322 e. The highest BCUT2D eigenvalue weighted by Gasteiger charge is 2.15. The Kier molecular flexibility index (Phi) is 2.55. The molecule has 0 aliphatic rings. The molecule has 0 amide bonds. The van der Waals surface area contributed by atoms with Crippen LogP contribution in [0.1, 0.15) is 0 Å². The van der Waals surface area contributed by atoms with E-state index in [4.69, 9.17) is 0 Å². The predicted molar refractivity (Wildman–Crippen MR) is 60.6 cm³/mol. The van der Waals surface area contributed by atoms with E-state index in [0.717, 1.165) is 11.3 Å². The number of aromatic nitrogens is 1. The van der Waals surface area contributed by atoms with Crippen LogP contribution in [-0.2, 0) is 0 Å². The first-order chi connectivity index (χ1) is 7.18. The van der Waals surface area contributed by atoms with Crippen molar-refractivity contribution in [3.8, 4) is 11.3 Å². The molecule has 0 unspecified atom stereocenters. The third-order valence-electron chi connectivity index (χ3n) is 2.01. The summed E-state index contributed by atoms with van der Waals surface area (Å²) in [5.41, 5.74) is 1.64. The van der Waals surface area contributed by atoms with Gasteiger partial charge in [-0.05, 0) is 20.9 Å². The summed E-state index contributed by atoms with van der Waals surface area (Å²) >= 11 is 3.29. The first kappa shape index (κ1) is 9.92. The van der Waals surface area contributed by atoms with E-state index in [0.29, 0.717) is 4.47 Å². The van der Waals surface area contributed by atoms with Crippen molar-refractivity contribution in [2.75, 3.05) is 0 Å². The van der Waals surface area contributed by atoms with Gasteiger partial charge >= 0.3 is 5.82 Å². The Bertz CT molecular complexity index is 493. The standard InChI is InChI=1S/C10H7BrN2O2/c11-8-6-9(13(14)15)12-10(8)7-4-2-1-3-5-7/h1-6,12H. The largest absolute Gasteiger partial charge is 0.358 e. The molecule has 5 heteroatoms. The number of halogens is 1. The van der Waals surface area contributed by atoms with Gasteiger partial charge in [0.05, 0.1) is 10.5 Å². The summed E-state index contributed by atoms with van der Waals surface area (Å²) in [7, 11) is 0. The van der Waals surface area contributed by atoms with Gasteiger partial charge in [0.2, 0.25) is 0 Å².